The normalized spacial score (nSPS) is 15.2. The molecule has 46 heavy (non-hydrogen) atoms. The number of alkyl halides is 3. The van der Waals surface area contributed by atoms with Crippen LogP contribution in [0, 0.1) is 0 Å². The monoisotopic (exact) mass is 671 g/mol. The Morgan fingerprint density at radius 3 is 2.26 bits per heavy atom. The number of carbonyl (C=O) groups excluding carboxylic acids is 2. The van der Waals surface area contributed by atoms with Gasteiger partial charge in [0.25, 0.3) is 17.4 Å². The minimum atomic E-state index is -4.44. The number of benzene rings is 3. The van der Waals surface area contributed by atoms with Gasteiger partial charge in [-0.25, -0.2) is 9.55 Å². The van der Waals surface area contributed by atoms with E-state index in [1.807, 2.05) is 13.8 Å². The summed E-state index contributed by atoms with van der Waals surface area (Å²) in [6.45, 7) is 3.73. The number of halogens is 5. The van der Waals surface area contributed by atoms with Crippen LogP contribution in [0.25, 0.3) is 5.69 Å². The first-order chi connectivity index (χ1) is 21.8. The highest BCUT2D eigenvalue weighted by atomic mass is 35.5. The second kappa shape index (κ2) is 13.2. The lowest BCUT2D eigenvalue weighted by molar-refractivity contribution is -0.137. The van der Waals surface area contributed by atoms with Crippen molar-refractivity contribution in [2.45, 2.75) is 51.5 Å². The van der Waals surface area contributed by atoms with Gasteiger partial charge in [0.05, 0.1) is 33.5 Å². The van der Waals surface area contributed by atoms with Crippen molar-refractivity contribution in [1.29, 1.82) is 0 Å². The zero-order valence-corrected chi connectivity index (χ0v) is 26.6. The van der Waals surface area contributed by atoms with Crippen LogP contribution >= 0.6 is 23.2 Å². The average Bonchev–Trinajstić information content (AvgIpc) is 3.02. The molecular formula is C33H30Cl2F3N5O3. The van der Waals surface area contributed by atoms with E-state index in [0.717, 1.165) is 12.1 Å². The summed E-state index contributed by atoms with van der Waals surface area (Å²) in [5, 5.41) is 6.38. The van der Waals surface area contributed by atoms with Gasteiger partial charge in [-0.1, -0.05) is 35.3 Å². The molecule has 2 amide bonds. The van der Waals surface area contributed by atoms with Crippen molar-refractivity contribution in [3.05, 3.63) is 121 Å². The van der Waals surface area contributed by atoms with Gasteiger partial charge in [0, 0.05) is 35.8 Å². The van der Waals surface area contributed by atoms with Crippen LogP contribution in [-0.4, -0.2) is 45.4 Å². The molecule has 0 bridgehead atoms. The average molecular weight is 673 g/mol. The Morgan fingerprint density at radius 2 is 1.65 bits per heavy atom. The lowest BCUT2D eigenvalue weighted by Gasteiger charge is -2.35. The molecule has 0 saturated carbocycles. The maximum absolute atomic E-state index is 14.1. The summed E-state index contributed by atoms with van der Waals surface area (Å²) in [6.07, 6.45) is -3.86. The van der Waals surface area contributed by atoms with Gasteiger partial charge in [0.1, 0.15) is 0 Å². The van der Waals surface area contributed by atoms with Gasteiger partial charge in [-0.05, 0) is 86.8 Å². The molecule has 1 aromatic heterocycles. The second-order valence-electron chi connectivity index (χ2n) is 11.2. The van der Waals surface area contributed by atoms with Crippen molar-refractivity contribution >= 4 is 41.0 Å². The highest BCUT2D eigenvalue weighted by Crippen LogP contribution is 2.30. The minimum absolute atomic E-state index is 0.0588. The summed E-state index contributed by atoms with van der Waals surface area (Å²) in [5.74, 6) is -0.392. The zero-order chi connectivity index (χ0) is 33.3. The van der Waals surface area contributed by atoms with Crippen molar-refractivity contribution in [3.63, 3.8) is 0 Å². The predicted octanol–water partition coefficient (Wildman–Crippen LogP) is 6.55. The van der Waals surface area contributed by atoms with Gasteiger partial charge in [-0.2, -0.15) is 13.2 Å². The molecule has 0 unspecified atom stereocenters. The van der Waals surface area contributed by atoms with Gasteiger partial charge in [0.2, 0.25) is 5.95 Å². The molecule has 1 aliphatic heterocycles. The zero-order valence-electron chi connectivity index (χ0n) is 25.1. The fraction of sp³-hybridized carbons (Fsp3) is 0.273. The highest BCUT2D eigenvalue weighted by molar-refractivity contribution is 6.42. The molecule has 0 spiro atoms. The first-order valence-electron chi connectivity index (χ1n) is 14.4. The second-order valence-corrected chi connectivity index (χ2v) is 12.0. The molecule has 0 fully saturated rings. The lowest BCUT2D eigenvalue weighted by Crippen LogP contribution is -2.46. The van der Waals surface area contributed by atoms with Gasteiger partial charge in [0.15, 0.2) is 0 Å². The summed E-state index contributed by atoms with van der Waals surface area (Å²) >= 11 is 12.2. The molecule has 0 radical (unpaired) electrons. The molecule has 2 atom stereocenters. The number of hydrogen-bond donors (Lipinski definition) is 2. The van der Waals surface area contributed by atoms with E-state index in [1.165, 1.54) is 29.8 Å². The van der Waals surface area contributed by atoms with Gasteiger partial charge in [-0.15, -0.1) is 0 Å². The maximum atomic E-state index is 14.1. The molecule has 8 nitrogen and oxygen atoms in total. The Hall–Kier alpha value is -4.35. The number of fused-ring (bicyclic) bond motifs is 1. The third kappa shape index (κ3) is 6.90. The Morgan fingerprint density at radius 1 is 1.00 bits per heavy atom. The van der Waals surface area contributed by atoms with Crippen LogP contribution in [0.2, 0.25) is 10.0 Å². The van der Waals surface area contributed by atoms with Crippen LogP contribution < -0.4 is 16.2 Å². The molecule has 2 N–H and O–H groups in total. The number of anilines is 1. The van der Waals surface area contributed by atoms with Crippen LogP contribution in [0.3, 0.4) is 0 Å². The van der Waals surface area contributed by atoms with Crippen LogP contribution in [0.5, 0.6) is 0 Å². The molecule has 3 aromatic carbocycles. The Balaban J connectivity index is 1.51. The molecule has 4 aromatic rings. The molecular weight excluding hydrogens is 642 g/mol. The van der Waals surface area contributed by atoms with Gasteiger partial charge < -0.3 is 15.5 Å². The first kappa shape index (κ1) is 33.0. The van der Waals surface area contributed by atoms with Crippen molar-refractivity contribution < 1.29 is 22.8 Å². The lowest BCUT2D eigenvalue weighted by atomic mass is 9.98. The molecule has 0 aliphatic carbocycles. The van der Waals surface area contributed by atoms with Crippen LogP contribution in [0.4, 0.5) is 19.1 Å². The Bertz CT molecular complexity index is 1840. The SMILES string of the molecule is CNC(=O)c1ccc(-n2c(N[C@@H](C)Cc3ccc(C(F)(F)F)cc3)nc3c(c2=O)C[C@@H](C)N(C(=O)c2ccc(Cl)c(Cl)c2)C3)cc1. The van der Waals surface area contributed by atoms with E-state index in [-0.39, 0.29) is 53.4 Å². The van der Waals surface area contributed by atoms with E-state index in [0.29, 0.717) is 45.1 Å². The maximum Gasteiger partial charge on any atom is 0.416 e. The molecule has 1 aliphatic rings. The Kier molecular flexibility index (Phi) is 9.46. The third-order valence-electron chi connectivity index (χ3n) is 7.85. The van der Waals surface area contributed by atoms with Crippen LogP contribution in [-0.2, 0) is 25.6 Å². The fourth-order valence-corrected chi connectivity index (χ4v) is 5.72. The fourth-order valence-electron chi connectivity index (χ4n) is 5.42. The Labute approximate surface area is 273 Å². The van der Waals surface area contributed by atoms with Crippen molar-refractivity contribution in [1.82, 2.24) is 19.8 Å². The van der Waals surface area contributed by atoms with Crippen LogP contribution in [0.1, 0.15) is 56.9 Å². The molecule has 13 heteroatoms. The third-order valence-corrected chi connectivity index (χ3v) is 8.59. The number of carbonyl (C=O) groups is 2. The summed E-state index contributed by atoms with van der Waals surface area (Å²) in [7, 11) is 1.52. The van der Waals surface area contributed by atoms with E-state index in [1.54, 1.807) is 41.3 Å². The molecule has 0 saturated heterocycles. The quantitative estimate of drug-likeness (QED) is 0.232. The number of nitrogens with one attached hydrogen (secondary N) is 2. The topological polar surface area (TPSA) is 96.3 Å². The summed E-state index contributed by atoms with van der Waals surface area (Å²) in [5.41, 5.74) is 1.65. The van der Waals surface area contributed by atoms with Crippen molar-refractivity contribution in [3.8, 4) is 5.69 Å². The van der Waals surface area contributed by atoms with Crippen LogP contribution in [0.15, 0.2) is 71.5 Å². The summed E-state index contributed by atoms with van der Waals surface area (Å²) in [4.78, 5) is 46.2. The van der Waals surface area contributed by atoms with E-state index >= 15 is 0 Å². The standard InChI is InChI=1S/C33H30Cl2F3N5O3/c1-18(14-20-4-9-23(10-5-20)33(36,37)38)40-32-41-28-17-42(30(45)22-8-13-26(34)27(35)16-22)19(2)15-25(28)31(46)43(32)24-11-6-21(7-12-24)29(44)39-3/h4-13,16,18-19H,14-15,17H2,1-3H3,(H,39,44)(H,40,41)/t18-,19+/m0/s1. The number of nitrogens with zero attached hydrogens (tertiary/aromatic N) is 3. The van der Waals surface area contributed by atoms with E-state index in [9.17, 15) is 27.6 Å². The van der Waals surface area contributed by atoms with E-state index < -0.39 is 11.7 Å². The molecule has 240 valence electrons. The number of rotatable bonds is 7. The van der Waals surface area contributed by atoms with E-state index in [2.05, 4.69) is 10.6 Å². The number of aromatic nitrogens is 2. The highest BCUT2D eigenvalue weighted by Gasteiger charge is 2.33. The number of hydrogen-bond acceptors (Lipinski definition) is 5. The largest absolute Gasteiger partial charge is 0.416 e. The smallest absolute Gasteiger partial charge is 0.355 e. The van der Waals surface area contributed by atoms with Gasteiger partial charge in [-0.3, -0.25) is 14.4 Å². The van der Waals surface area contributed by atoms with Crippen molar-refractivity contribution in [2.24, 2.45) is 0 Å². The molecule has 2 heterocycles. The predicted molar refractivity (Wildman–Crippen MR) is 171 cm³/mol. The first-order valence-corrected chi connectivity index (χ1v) is 15.2. The summed E-state index contributed by atoms with van der Waals surface area (Å²) < 4.78 is 40.6. The number of amides is 2. The van der Waals surface area contributed by atoms with E-state index in [4.69, 9.17) is 28.2 Å². The molecule has 5 rings (SSSR count). The van der Waals surface area contributed by atoms with Crippen molar-refractivity contribution in [2.75, 3.05) is 12.4 Å². The summed E-state index contributed by atoms with van der Waals surface area (Å²) in [6, 6.07) is 15.3. The van der Waals surface area contributed by atoms with Gasteiger partial charge >= 0.3 is 6.18 Å². The minimum Gasteiger partial charge on any atom is -0.355 e.